The Morgan fingerprint density at radius 1 is 1.44 bits per heavy atom. The number of fused-ring (bicyclic) bond motifs is 1. The Kier molecular flexibility index (Phi) is 2.74. The van der Waals surface area contributed by atoms with Gasteiger partial charge < -0.3 is 5.11 Å². The Morgan fingerprint density at radius 3 is 2.88 bits per heavy atom. The van der Waals surface area contributed by atoms with Crippen LogP contribution in [0.3, 0.4) is 0 Å². The highest BCUT2D eigenvalue weighted by molar-refractivity contribution is 9.10. The predicted molar refractivity (Wildman–Crippen MR) is 61.3 cm³/mol. The minimum Gasteiger partial charge on any atom is -0.480 e. The average Bonchev–Trinajstić information content (AvgIpc) is 2.23. The van der Waals surface area contributed by atoms with E-state index in [1.54, 1.807) is 18.2 Å². The molecule has 0 spiro atoms. The lowest BCUT2D eigenvalue weighted by atomic mass is 10.2. The Labute approximate surface area is 98.4 Å². The van der Waals surface area contributed by atoms with Crippen molar-refractivity contribution in [2.45, 2.75) is 6.54 Å². The number of halogens is 1. The third-order valence-electron chi connectivity index (χ3n) is 2.13. The third kappa shape index (κ3) is 1.83. The molecule has 0 atom stereocenters. The van der Waals surface area contributed by atoms with Gasteiger partial charge in [-0.2, -0.15) is 5.10 Å². The molecule has 6 heteroatoms. The maximum Gasteiger partial charge on any atom is 0.325 e. The van der Waals surface area contributed by atoms with Gasteiger partial charge >= 0.3 is 5.97 Å². The molecule has 1 heterocycles. The molecule has 0 saturated carbocycles. The molecule has 0 fully saturated rings. The summed E-state index contributed by atoms with van der Waals surface area (Å²) in [5, 5.41) is 13.5. The second kappa shape index (κ2) is 4.05. The van der Waals surface area contributed by atoms with E-state index in [-0.39, 0.29) is 0 Å². The highest BCUT2D eigenvalue weighted by atomic mass is 79.9. The normalized spacial score (nSPS) is 10.6. The smallest absolute Gasteiger partial charge is 0.325 e. The molecular formula is C10H7BrN2O3. The first kappa shape index (κ1) is 10.8. The highest BCUT2D eigenvalue weighted by Crippen LogP contribution is 2.19. The second-order valence-electron chi connectivity index (χ2n) is 3.20. The van der Waals surface area contributed by atoms with E-state index in [0.29, 0.717) is 10.8 Å². The maximum atomic E-state index is 11.8. The van der Waals surface area contributed by atoms with Crippen molar-refractivity contribution in [3.05, 3.63) is 39.2 Å². The van der Waals surface area contributed by atoms with Crippen LogP contribution in [0.25, 0.3) is 10.8 Å². The number of aromatic nitrogens is 2. The molecule has 0 unspecified atom stereocenters. The Hall–Kier alpha value is -1.69. The molecule has 0 aliphatic carbocycles. The summed E-state index contributed by atoms with van der Waals surface area (Å²) in [6, 6.07) is 5.16. The minimum absolute atomic E-state index is 0.402. The van der Waals surface area contributed by atoms with Gasteiger partial charge in [0.2, 0.25) is 0 Å². The largest absolute Gasteiger partial charge is 0.480 e. The van der Waals surface area contributed by atoms with Crippen molar-refractivity contribution in [3.63, 3.8) is 0 Å². The van der Waals surface area contributed by atoms with Gasteiger partial charge in [-0.25, -0.2) is 4.68 Å². The standard InChI is InChI=1S/C10H7BrN2O3/c11-8-3-1-2-6-7(8)4-12-13(10(6)16)5-9(14)15/h1-4H,5H2,(H,14,15). The molecule has 2 aromatic rings. The molecule has 0 amide bonds. The molecular weight excluding hydrogens is 276 g/mol. The molecule has 1 N–H and O–H groups in total. The van der Waals surface area contributed by atoms with Crippen molar-refractivity contribution in [2.24, 2.45) is 0 Å². The van der Waals surface area contributed by atoms with Crippen LogP contribution in [-0.4, -0.2) is 20.9 Å². The van der Waals surface area contributed by atoms with Crippen molar-refractivity contribution in [1.29, 1.82) is 0 Å². The second-order valence-corrected chi connectivity index (χ2v) is 4.06. The van der Waals surface area contributed by atoms with Gasteiger partial charge in [0.05, 0.1) is 11.6 Å². The molecule has 0 saturated heterocycles. The first-order chi connectivity index (χ1) is 7.59. The van der Waals surface area contributed by atoms with Gasteiger partial charge in [-0.1, -0.05) is 22.0 Å². The summed E-state index contributed by atoms with van der Waals surface area (Å²) in [5.74, 6) is -1.09. The fraction of sp³-hybridized carbons (Fsp3) is 0.100. The van der Waals surface area contributed by atoms with Crippen LogP contribution < -0.4 is 5.56 Å². The van der Waals surface area contributed by atoms with E-state index >= 15 is 0 Å². The van der Waals surface area contributed by atoms with Crippen LogP contribution in [0.15, 0.2) is 33.7 Å². The zero-order chi connectivity index (χ0) is 11.7. The number of carbonyl (C=O) groups is 1. The van der Waals surface area contributed by atoms with Gasteiger partial charge in [-0.15, -0.1) is 0 Å². The van der Waals surface area contributed by atoms with E-state index in [1.807, 2.05) is 0 Å². The first-order valence-corrected chi connectivity index (χ1v) is 5.25. The lowest BCUT2D eigenvalue weighted by Gasteiger charge is -2.03. The molecule has 1 aromatic carbocycles. The summed E-state index contributed by atoms with van der Waals surface area (Å²) in [7, 11) is 0. The summed E-state index contributed by atoms with van der Waals surface area (Å²) in [5.41, 5.74) is -0.402. The molecule has 0 bridgehead atoms. The number of rotatable bonds is 2. The van der Waals surface area contributed by atoms with Crippen LogP contribution in [-0.2, 0) is 11.3 Å². The first-order valence-electron chi connectivity index (χ1n) is 4.46. The molecule has 5 nitrogen and oxygen atoms in total. The van der Waals surface area contributed by atoms with Crippen LogP contribution in [0.5, 0.6) is 0 Å². The fourth-order valence-corrected chi connectivity index (χ4v) is 1.88. The summed E-state index contributed by atoms with van der Waals surface area (Å²) in [6.07, 6.45) is 1.48. The molecule has 16 heavy (non-hydrogen) atoms. The minimum atomic E-state index is -1.09. The van der Waals surface area contributed by atoms with Crippen LogP contribution >= 0.6 is 15.9 Å². The van der Waals surface area contributed by atoms with Crippen LogP contribution in [0.2, 0.25) is 0 Å². The highest BCUT2D eigenvalue weighted by Gasteiger charge is 2.08. The van der Waals surface area contributed by atoms with Gasteiger partial charge in [0.1, 0.15) is 6.54 Å². The number of benzene rings is 1. The van der Waals surface area contributed by atoms with E-state index in [4.69, 9.17) is 5.11 Å². The van der Waals surface area contributed by atoms with Crippen LogP contribution in [0, 0.1) is 0 Å². The lowest BCUT2D eigenvalue weighted by molar-refractivity contribution is -0.137. The molecule has 82 valence electrons. The SMILES string of the molecule is O=C(O)Cn1ncc2c(Br)cccc2c1=O. The number of aliphatic carboxylic acids is 1. The number of carboxylic acid groups (broad SMARTS) is 1. The van der Waals surface area contributed by atoms with E-state index in [2.05, 4.69) is 21.0 Å². The molecule has 0 aliphatic heterocycles. The number of nitrogens with zero attached hydrogens (tertiary/aromatic N) is 2. The molecule has 0 radical (unpaired) electrons. The predicted octanol–water partition coefficient (Wildman–Crippen LogP) is 1.24. The Morgan fingerprint density at radius 2 is 2.19 bits per heavy atom. The number of carboxylic acids is 1. The van der Waals surface area contributed by atoms with Crippen molar-refractivity contribution in [1.82, 2.24) is 9.78 Å². The monoisotopic (exact) mass is 282 g/mol. The Balaban J connectivity index is 2.71. The van der Waals surface area contributed by atoms with E-state index in [9.17, 15) is 9.59 Å². The number of hydrogen-bond donors (Lipinski definition) is 1. The van der Waals surface area contributed by atoms with E-state index in [1.165, 1.54) is 6.20 Å². The van der Waals surface area contributed by atoms with Gasteiger partial charge in [-0.3, -0.25) is 9.59 Å². The quantitative estimate of drug-likeness (QED) is 0.900. The fourth-order valence-electron chi connectivity index (χ4n) is 1.41. The van der Waals surface area contributed by atoms with Crippen LogP contribution in [0.4, 0.5) is 0 Å². The van der Waals surface area contributed by atoms with Crippen LogP contribution in [0.1, 0.15) is 0 Å². The number of hydrogen-bond acceptors (Lipinski definition) is 3. The van der Waals surface area contributed by atoms with Gasteiger partial charge in [0.15, 0.2) is 0 Å². The van der Waals surface area contributed by atoms with Crippen molar-refractivity contribution in [3.8, 4) is 0 Å². The molecule has 0 aliphatic rings. The van der Waals surface area contributed by atoms with Gasteiger partial charge in [-0.05, 0) is 12.1 Å². The zero-order valence-electron chi connectivity index (χ0n) is 8.05. The van der Waals surface area contributed by atoms with Crippen molar-refractivity contribution >= 4 is 32.7 Å². The molecule has 2 rings (SSSR count). The van der Waals surface area contributed by atoms with E-state index in [0.717, 1.165) is 9.15 Å². The van der Waals surface area contributed by atoms with Crippen molar-refractivity contribution in [2.75, 3.05) is 0 Å². The van der Waals surface area contributed by atoms with E-state index < -0.39 is 18.1 Å². The average molecular weight is 283 g/mol. The topological polar surface area (TPSA) is 72.2 Å². The third-order valence-corrected chi connectivity index (χ3v) is 2.82. The molecule has 1 aromatic heterocycles. The van der Waals surface area contributed by atoms with Crippen molar-refractivity contribution < 1.29 is 9.90 Å². The summed E-state index contributed by atoms with van der Waals surface area (Å²) in [6.45, 7) is -0.429. The summed E-state index contributed by atoms with van der Waals surface area (Å²) < 4.78 is 1.69. The lowest BCUT2D eigenvalue weighted by Crippen LogP contribution is -2.26. The summed E-state index contributed by atoms with van der Waals surface area (Å²) in [4.78, 5) is 22.3. The summed E-state index contributed by atoms with van der Waals surface area (Å²) >= 11 is 3.30. The van der Waals surface area contributed by atoms with Gasteiger partial charge in [0.25, 0.3) is 5.56 Å². The Bertz CT molecular complexity index is 621. The zero-order valence-corrected chi connectivity index (χ0v) is 9.64. The van der Waals surface area contributed by atoms with Gasteiger partial charge in [0, 0.05) is 9.86 Å². The maximum absolute atomic E-state index is 11.8.